The van der Waals surface area contributed by atoms with Gasteiger partial charge in [-0.3, -0.25) is 0 Å². The zero-order valence-electron chi connectivity index (χ0n) is 8.77. The molecule has 12 heavy (non-hydrogen) atoms. The van der Waals surface area contributed by atoms with Crippen LogP contribution in [0.1, 0.15) is 41.5 Å². The summed E-state index contributed by atoms with van der Waals surface area (Å²) in [6, 6.07) is 0. The predicted octanol–water partition coefficient (Wildman–Crippen LogP) is 2.57. The maximum atomic E-state index is 5.94. The molecule has 0 aromatic carbocycles. The Morgan fingerprint density at radius 2 is 1.08 bits per heavy atom. The third-order valence-electron chi connectivity index (χ3n) is 0.892. The van der Waals surface area contributed by atoms with E-state index >= 15 is 0 Å². The smallest absolute Gasteiger partial charge is 0.380 e. The molecule has 0 heterocycles. The molecule has 0 radical (unpaired) electrons. The molecule has 0 rings (SSSR count). The highest BCUT2D eigenvalue weighted by Crippen LogP contribution is 2.16. The number of hydrogen-bond donors (Lipinski definition) is 0. The van der Waals surface area contributed by atoms with Crippen molar-refractivity contribution in [3.05, 3.63) is 0 Å². The minimum absolute atomic E-state index is 0.204. The molecular weight excluding hydrogens is 192 g/mol. The van der Waals surface area contributed by atoms with Crippen molar-refractivity contribution in [1.29, 1.82) is 0 Å². The maximum absolute atomic E-state index is 5.94. The van der Waals surface area contributed by atoms with E-state index in [0.29, 0.717) is 0 Å². The van der Waals surface area contributed by atoms with Crippen LogP contribution in [-0.4, -0.2) is 19.8 Å². The molecule has 0 spiro atoms. The summed E-state index contributed by atoms with van der Waals surface area (Å²) in [4.78, 5) is 0. The molecule has 0 N–H and O–H groups in total. The molecule has 0 saturated carbocycles. The molecule has 0 bridgehead atoms. The molecule has 0 aliphatic heterocycles. The van der Waals surface area contributed by atoms with Crippen molar-refractivity contribution >= 4 is 19.7 Å². The molecule has 0 atom stereocenters. The van der Waals surface area contributed by atoms with Gasteiger partial charge in [0.2, 0.25) is 0 Å². The molecule has 0 aliphatic carbocycles. The van der Waals surface area contributed by atoms with E-state index in [1.165, 1.54) is 0 Å². The second-order valence-electron chi connectivity index (χ2n) is 4.73. The lowest BCUT2D eigenvalue weighted by Gasteiger charge is -2.28. The summed E-state index contributed by atoms with van der Waals surface area (Å²) in [5.41, 5.74) is -0.409. The van der Waals surface area contributed by atoms with Gasteiger partial charge in [0, 0.05) is 0 Å². The van der Waals surface area contributed by atoms with E-state index in [4.69, 9.17) is 19.9 Å². The summed E-state index contributed by atoms with van der Waals surface area (Å²) in [5.74, 6) is 0. The molecular formula is C8H19ClO2Si. The van der Waals surface area contributed by atoms with Crippen molar-refractivity contribution in [2.45, 2.75) is 52.7 Å². The van der Waals surface area contributed by atoms with Gasteiger partial charge in [-0.25, -0.2) is 0 Å². The second-order valence-corrected chi connectivity index (χ2v) is 6.82. The Hall–Kier alpha value is 0.427. The van der Waals surface area contributed by atoms with Crippen LogP contribution >= 0.6 is 11.1 Å². The lowest BCUT2D eigenvalue weighted by atomic mass is 10.2. The Morgan fingerprint density at radius 1 is 0.833 bits per heavy atom. The van der Waals surface area contributed by atoms with Gasteiger partial charge in [0.1, 0.15) is 0 Å². The highest BCUT2D eigenvalue weighted by atomic mass is 35.6. The van der Waals surface area contributed by atoms with Crippen LogP contribution in [0.5, 0.6) is 0 Å². The zero-order valence-corrected chi connectivity index (χ0v) is 10.7. The van der Waals surface area contributed by atoms with E-state index in [0.717, 1.165) is 0 Å². The Morgan fingerprint density at radius 3 is 1.25 bits per heavy atom. The predicted molar refractivity (Wildman–Crippen MR) is 54.7 cm³/mol. The first-order chi connectivity index (χ1) is 5.10. The lowest BCUT2D eigenvalue weighted by Crippen LogP contribution is -2.35. The standard InChI is InChI=1S/C8H19ClO2Si/c1-7(2,3)10-12(9)11-8(4,5)6/h12H,1-6H3. The normalized spacial score (nSPS) is 14.0. The minimum Gasteiger partial charge on any atom is -0.380 e. The molecule has 4 heteroatoms. The fourth-order valence-electron chi connectivity index (χ4n) is 0.580. The first-order valence-corrected chi connectivity index (χ1v) is 6.79. The van der Waals surface area contributed by atoms with Gasteiger partial charge >= 0.3 is 8.59 Å². The van der Waals surface area contributed by atoms with E-state index in [-0.39, 0.29) is 11.2 Å². The van der Waals surface area contributed by atoms with Crippen molar-refractivity contribution in [2.75, 3.05) is 0 Å². The van der Waals surface area contributed by atoms with Gasteiger partial charge in [0.25, 0.3) is 0 Å². The Balaban J connectivity index is 3.83. The second kappa shape index (κ2) is 4.09. The highest BCUT2D eigenvalue weighted by molar-refractivity contribution is 6.99. The fourth-order valence-corrected chi connectivity index (χ4v) is 3.34. The van der Waals surface area contributed by atoms with Crippen LogP contribution in [-0.2, 0) is 8.85 Å². The summed E-state index contributed by atoms with van der Waals surface area (Å²) in [7, 11) is -1.98. The maximum Gasteiger partial charge on any atom is 0.427 e. The third-order valence-corrected chi connectivity index (χ3v) is 3.21. The molecule has 0 aliphatic rings. The average molecular weight is 211 g/mol. The topological polar surface area (TPSA) is 18.5 Å². The van der Waals surface area contributed by atoms with Crippen molar-refractivity contribution in [1.82, 2.24) is 0 Å². The molecule has 2 nitrogen and oxygen atoms in total. The van der Waals surface area contributed by atoms with Crippen molar-refractivity contribution in [3.63, 3.8) is 0 Å². The van der Waals surface area contributed by atoms with Gasteiger partial charge < -0.3 is 8.85 Å². The zero-order chi connectivity index (χ0) is 9.99. The van der Waals surface area contributed by atoms with Crippen LogP contribution < -0.4 is 0 Å². The number of hydrogen-bond acceptors (Lipinski definition) is 2. The van der Waals surface area contributed by atoms with E-state index < -0.39 is 8.59 Å². The monoisotopic (exact) mass is 210 g/mol. The van der Waals surface area contributed by atoms with Crippen LogP contribution in [0.15, 0.2) is 0 Å². The Bertz CT molecular complexity index is 121. The van der Waals surface area contributed by atoms with Gasteiger partial charge in [-0.05, 0) is 41.5 Å². The van der Waals surface area contributed by atoms with E-state index in [2.05, 4.69) is 0 Å². The van der Waals surface area contributed by atoms with Gasteiger partial charge in [0.05, 0.1) is 11.2 Å². The summed E-state index contributed by atoms with van der Waals surface area (Å²) < 4.78 is 11.0. The summed E-state index contributed by atoms with van der Waals surface area (Å²) in [6.07, 6.45) is 0. The van der Waals surface area contributed by atoms with Crippen LogP contribution in [0, 0.1) is 0 Å². The fraction of sp³-hybridized carbons (Fsp3) is 1.00. The van der Waals surface area contributed by atoms with E-state index in [1.54, 1.807) is 0 Å². The summed E-state index contributed by atoms with van der Waals surface area (Å²) in [5, 5.41) is 0. The molecule has 74 valence electrons. The van der Waals surface area contributed by atoms with E-state index in [1.807, 2.05) is 41.5 Å². The number of rotatable bonds is 2. The first kappa shape index (κ1) is 12.4. The first-order valence-electron chi connectivity index (χ1n) is 4.10. The van der Waals surface area contributed by atoms with Gasteiger partial charge in [-0.15, -0.1) is 11.1 Å². The molecule has 0 amide bonds. The molecule has 0 saturated heterocycles. The van der Waals surface area contributed by atoms with Crippen LogP contribution in [0.3, 0.4) is 0 Å². The minimum atomic E-state index is -1.98. The van der Waals surface area contributed by atoms with Crippen molar-refractivity contribution < 1.29 is 8.85 Å². The van der Waals surface area contributed by atoms with Crippen molar-refractivity contribution in [2.24, 2.45) is 0 Å². The van der Waals surface area contributed by atoms with Gasteiger partial charge in [0.15, 0.2) is 0 Å². The Labute approximate surface area is 81.8 Å². The lowest BCUT2D eigenvalue weighted by molar-refractivity contribution is 0.0449. The quantitative estimate of drug-likeness (QED) is 0.515. The molecule has 0 aromatic heterocycles. The van der Waals surface area contributed by atoms with E-state index in [9.17, 15) is 0 Å². The molecule has 0 aromatic rings. The van der Waals surface area contributed by atoms with Gasteiger partial charge in [-0.1, -0.05) is 0 Å². The van der Waals surface area contributed by atoms with Crippen molar-refractivity contribution in [3.8, 4) is 0 Å². The van der Waals surface area contributed by atoms with Gasteiger partial charge in [-0.2, -0.15) is 0 Å². The third kappa shape index (κ3) is 8.52. The molecule has 0 unspecified atom stereocenters. The number of halogens is 1. The summed E-state index contributed by atoms with van der Waals surface area (Å²) >= 11 is 5.94. The SMILES string of the molecule is CC(C)(C)O[SiH](Cl)OC(C)(C)C. The highest BCUT2D eigenvalue weighted by Gasteiger charge is 2.24. The largest absolute Gasteiger partial charge is 0.427 e. The average Bonchev–Trinajstić information content (AvgIpc) is 1.49. The Kier molecular flexibility index (Phi) is 4.24. The van der Waals surface area contributed by atoms with Crippen LogP contribution in [0.4, 0.5) is 0 Å². The molecule has 0 fully saturated rings. The van der Waals surface area contributed by atoms with Crippen LogP contribution in [0.2, 0.25) is 0 Å². The summed E-state index contributed by atoms with van der Waals surface area (Å²) in [6.45, 7) is 11.8. The van der Waals surface area contributed by atoms with Crippen LogP contribution in [0.25, 0.3) is 0 Å².